The summed E-state index contributed by atoms with van der Waals surface area (Å²) in [5.74, 6) is -1.92. The molecule has 0 saturated heterocycles. The van der Waals surface area contributed by atoms with Crippen molar-refractivity contribution in [2.24, 2.45) is 0 Å². The summed E-state index contributed by atoms with van der Waals surface area (Å²) in [4.78, 5) is 62.0. The average Bonchev–Trinajstić information content (AvgIpc) is 3.31. The van der Waals surface area contributed by atoms with Gasteiger partial charge in [0, 0.05) is 26.0 Å². The van der Waals surface area contributed by atoms with Crippen LogP contribution in [-0.4, -0.2) is 89.3 Å². The molecule has 0 fully saturated rings. The van der Waals surface area contributed by atoms with Crippen molar-refractivity contribution in [1.82, 2.24) is 5.32 Å². The number of carbonyl (C=O) groups excluding carboxylic acids is 4. The number of carbonyl (C=O) groups is 4. The minimum absolute atomic E-state index is 0.0453. The summed E-state index contributed by atoms with van der Waals surface area (Å²) in [7, 11) is -4.88. The van der Waals surface area contributed by atoms with E-state index in [-0.39, 0.29) is 52.0 Å². The van der Waals surface area contributed by atoms with Crippen molar-refractivity contribution in [1.29, 1.82) is 0 Å². The van der Waals surface area contributed by atoms with E-state index in [4.69, 9.17) is 32.7 Å². The fraction of sp³-hybridized carbons (Fsp3) is 0.923. The number of ether oxygens (including phenoxy) is 5. The average molecular weight is 977 g/mol. The van der Waals surface area contributed by atoms with Gasteiger partial charge >= 0.3 is 17.9 Å². The predicted molar refractivity (Wildman–Crippen MR) is 265 cm³/mol. The maximum atomic E-state index is 12.8. The Morgan fingerprint density at radius 2 is 0.836 bits per heavy atom. The SMILES string of the molecule is CCCCCCCCCCCCCCCCCC(=O)OCC(COP(=O)([O-])OCCNC(=O)CCOC(=O)CCOCCOCCC)OC(=O)CCCCCCCCCCCCCCCCC. The maximum Gasteiger partial charge on any atom is 0.308 e. The highest BCUT2D eigenvalue weighted by Gasteiger charge is 2.21. The van der Waals surface area contributed by atoms with Gasteiger partial charge in [-0.05, 0) is 19.3 Å². The van der Waals surface area contributed by atoms with E-state index in [2.05, 4.69) is 19.2 Å². The molecule has 0 aliphatic rings. The van der Waals surface area contributed by atoms with E-state index in [1.54, 1.807) is 0 Å². The monoisotopic (exact) mass is 977 g/mol. The van der Waals surface area contributed by atoms with Crippen LogP contribution in [0.4, 0.5) is 0 Å². The van der Waals surface area contributed by atoms with Crippen LogP contribution >= 0.6 is 7.82 Å². The predicted octanol–water partition coefficient (Wildman–Crippen LogP) is 12.3. The Morgan fingerprint density at radius 1 is 0.418 bits per heavy atom. The quantitative estimate of drug-likeness (QED) is 0.0263. The molecular weight excluding hydrogens is 878 g/mol. The first-order chi connectivity index (χ1) is 32.6. The van der Waals surface area contributed by atoms with Crippen molar-refractivity contribution >= 4 is 31.6 Å². The molecule has 14 nitrogen and oxygen atoms in total. The van der Waals surface area contributed by atoms with E-state index >= 15 is 0 Å². The molecule has 396 valence electrons. The lowest BCUT2D eigenvalue weighted by atomic mass is 10.0. The summed E-state index contributed by atoms with van der Waals surface area (Å²) in [6.07, 6.45) is 36.5. The molecule has 2 atom stereocenters. The maximum absolute atomic E-state index is 12.8. The van der Waals surface area contributed by atoms with Gasteiger partial charge < -0.3 is 42.9 Å². The molecule has 1 N–H and O–H groups in total. The Kier molecular flexibility index (Phi) is 48.7. The molecule has 0 aromatic carbocycles. The van der Waals surface area contributed by atoms with Crippen LogP contribution in [0.15, 0.2) is 0 Å². The minimum Gasteiger partial charge on any atom is -0.756 e. The van der Waals surface area contributed by atoms with Crippen LogP contribution < -0.4 is 10.2 Å². The van der Waals surface area contributed by atoms with Gasteiger partial charge in [0.05, 0.1) is 45.9 Å². The Hall–Kier alpha value is -2.09. The third kappa shape index (κ3) is 50.1. The zero-order valence-electron chi connectivity index (χ0n) is 42.9. The summed E-state index contributed by atoms with van der Waals surface area (Å²) in [6.45, 7) is 6.54. The van der Waals surface area contributed by atoms with Crippen LogP contribution in [0.25, 0.3) is 0 Å². The molecule has 15 heteroatoms. The second-order valence-electron chi connectivity index (χ2n) is 18.1. The fourth-order valence-corrected chi connectivity index (χ4v) is 8.24. The third-order valence-electron chi connectivity index (χ3n) is 11.6. The molecule has 0 saturated carbocycles. The van der Waals surface area contributed by atoms with Crippen molar-refractivity contribution in [2.75, 3.05) is 59.4 Å². The van der Waals surface area contributed by atoms with Gasteiger partial charge in [-0.2, -0.15) is 0 Å². The highest BCUT2D eigenvalue weighted by atomic mass is 31.2. The number of hydrogen-bond acceptors (Lipinski definition) is 13. The molecule has 0 aromatic rings. The van der Waals surface area contributed by atoms with E-state index in [1.807, 2.05) is 6.92 Å². The minimum atomic E-state index is -4.88. The van der Waals surface area contributed by atoms with Crippen molar-refractivity contribution < 1.29 is 61.4 Å². The number of unbranched alkanes of at least 4 members (excludes halogenated alkanes) is 28. The highest BCUT2D eigenvalue weighted by Crippen LogP contribution is 2.38. The second-order valence-corrected chi connectivity index (χ2v) is 19.5. The molecule has 0 bridgehead atoms. The van der Waals surface area contributed by atoms with Gasteiger partial charge in [-0.25, -0.2) is 0 Å². The summed E-state index contributed by atoms with van der Waals surface area (Å²) in [6, 6.07) is 0. The van der Waals surface area contributed by atoms with Gasteiger partial charge in [-0.15, -0.1) is 0 Å². The Morgan fingerprint density at radius 3 is 1.30 bits per heavy atom. The molecule has 0 heterocycles. The van der Waals surface area contributed by atoms with E-state index in [9.17, 15) is 28.6 Å². The molecule has 0 radical (unpaired) electrons. The number of rotatable bonds is 53. The smallest absolute Gasteiger partial charge is 0.308 e. The number of hydrogen-bond donors (Lipinski definition) is 1. The van der Waals surface area contributed by atoms with E-state index in [0.29, 0.717) is 32.7 Å². The first kappa shape index (κ1) is 64.9. The number of esters is 3. The van der Waals surface area contributed by atoms with Gasteiger partial charge in [0.15, 0.2) is 6.10 Å². The van der Waals surface area contributed by atoms with E-state index in [1.165, 1.54) is 141 Å². The van der Waals surface area contributed by atoms with Gasteiger partial charge in [-0.1, -0.05) is 201 Å². The topological polar surface area (TPSA) is 185 Å². The molecule has 0 aliphatic heterocycles. The normalized spacial score (nSPS) is 12.7. The summed E-state index contributed by atoms with van der Waals surface area (Å²) < 4.78 is 49.1. The van der Waals surface area contributed by atoms with Crippen LogP contribution in [0, 0.1) is 0 Å². The van der Waals surface area contributed by atoms with Crippen molar-refractivity contribution in [2.45, 2.75) is 252 Å². The first-order valence-corrected chi connectivity index (χ1v) is 28.6. The van der Waals surface area contributed by atoms with Crippen LogP contribution in [0.5, 0.6) is 0 Å². The molecule has 1 amide bonds. The zero-order valence-corrected chi connectivity index (χ0v) is 43.8. The number of amides is 1. The second kappa shape index (κ2) is 50.3. The number of phosphoric acid groups is 1. The molecule has 2 unspecified atom stereocenters. The third-order valence-corrected chi connectivity index (χ3v) is 12.5. The van der Waals surface area contributed by atoms with Crippen LogP contribution in [0.1, 0.15) is 245 Å². The van der Waals surface area contributed by atoms with Gasteiger partial charge in [0.1, 0.15) is 13.2 Å². The molecular formula is C52H99NO13P-. The number of phosphoric ester groups is 1. The summed E-state index contributed by atoms with van der Waals surface area (Å²) in [5.41, 5.74) is 0. The molecule has 0 rings (SSSR count). The largest absolute Gasteiger partial charge is 0.756 e. The van der Waals surface area contributed by atoms with E-state index < -0.39 is 51.0 Å². The Balaban J connectivity index is 4.54. The number of nitrogens with one attached hydrogen (secondary N) is 1. The van der Waals surface area contributed by atoms with Crippen LogP contribution in [-0.2, 0) is 56.5 Å². The van der Waals surface area contributed by atoms with Gasteiger partial charge in [0.25, 0.3) is 7.82 Å². The lowest BCUT2D eigenvalue weighted by Crippen LogP contribution is -2.31. The van der Waals surface area contributed by atoms with Gasteiger partial charge in [-0.3, -0.25) is 23.7 Å². The van der Waals surface area contributed by atoms with E-state index in [0.717, 1.165) is 44.9 Å². The standard InChI is InChI=1S/C52H100NO13P/c1-4-7-9-11-13-15-17-19-21-23-25-27-29-31-33-35-50(55)63-46-48(66-52(57)36-34-32-30-28-26-24-22-20-18-16-14-12-10-8-5-2)47-65-67(58,59)64-43-39-53-49(54)37-42-62-51(56)38-41-61-45-44-60-40-6-3/h48H,4-47H2,1-3H3,(H,53,54)(H,58,59)/p-1. The Bertz CT molecular complexity index is 1190. The van der Waals surface area contributed by atoms with Crippen LogP contribution in [0.2, 0.25) is 0 Å². The lowest BCUT2D eigenvalue weighted by Gasteiger charge is -2.25. The van der Waals surface area contributed by atoms with Crippen LogP contribution in [0.3, 0.4) is 0 Å². The summed E-state index contributed by atoms with van der Waals surface area (Å²) >= 11 is 0. The first-order valence-electron chi connectivity index (χ1n) is 27.2. The zero-order chi connectivity index (χ0) is 49.2. The van der Waals surface area contributed by atoms with Crippen molar-refractivity contribution in [3.05, 3.63) is 0 Å². The van der Waals surface area contributed by atoms with Crippen molar-refractivity contribution in [3.8, 4) is 0 Å². The summed E-state index contributed by atoms with van der Waals surface area (Å²) in [5, 5.41) is 2.49. The van der Waals surface area contributed by atoms with Gasteiger partial charge in [0.2, 0.25) is 5.91 Å². The fourth-order valence-electron chi connectivity index (χ4n) is 7.50. The molecule has 0 aliphatic carbocycles. The molecule has 0 aromatic heterocycles. The van der Waals surface area contributed by atoms with Crippen molar-refractivity contribution in [3.63, 3.8) is 0 Å². The molecule has 0 spiro atoms. The Labute approximate surface area is 408 Å². The molecule has 67 heavy (non-hydrogen) atoms. The lowest BCUT2D eigenvalue weighted by molar-refractivity contribution is -0.228. The highest BCUT2D eigenvalue weighted by molar-refractivity contribution is 7.45.